The van der Waals surface area contributed by atoms with Gasteiger partial charge in [-0.25, -0.2) is 0 Å². The van der Waals surface area contributed by atoms with Gasteiger partial charge in [-0.2, -0.15) is 0 Å². The third-order valence-corrected chi connectivity index (χ3v) is 3.63. The Labute approximate surface area is 118 Å². The first kappa shape index (κ1) is 15.4. The van der Waals surface area contributed by atoms with E-state index < -0.39 is 11.9 Å². The Morgan fingerprint density at radius 3 is 2.70 bits per heavy atom. The van der Waals surface area contributed by atoms with Gasteiger partial charge in [0.1, 0.15) is 0 Å². The Bertz CT molecular complexity index is 393. The number of hydrogen-bond donors (Lipinski definition) is 2. The number of aliphatic hydroxyl groups is 2. The first-order valence-corrected chi connectivity index (χ1v) is 7.11. The third-order valence-electron chi connectivity index (χ3n) is 3.63. The van der Waals surface area contributed by atoms with Crippen LogP contribution in [0.4, 0.5) is 0 Å². The van der Waals surface area contributed by atoms with E-state index in [0.717, 1.165) is 12.8 Å². The van der Waals surface area contributed by atoms with Crippen LogP contribution in [0.25, 0.3) is 0 Å². The zero-order chi connectivity index (χ0) is 14.4. The number of carbonyl (C=O) groups excluding carboxylic acids is 1. The SMILES string of the molecule is O=C1CC(O)C=C1CC=CCCCC1(CO)OCCO1. The molecule has 2 rings (SSSR count). The zero-order valence-electron chi connectivity index (χ0n) is 11.6. The molecule has 2 aliphatic rings. The van der Waals surface area contributed by atoms with Crippen LogP contribution in [0.1, 0.15) is 32.1 Å². The van der Waals surface area contributed by atoms with Crippen LogP contribution in [0.15, 0.2) is 23.8 Å². The number of ketones is 1. The smallest absolute Gasteiger partial charge is 0.191 e. The summed E-state index contributed by atoms with van der Waals surface area (Å²) >= 11 is 0. The first-order chi connectivity index (χ1) is 9.65. The fourth-order valence-corrected chi connectivity index (χ4v) is 2.52. The number of hydrogen-bond acceptors (Lipinski definition) is 5. The molecule has 1 atom stereocenters. The van der Waals surface area contributed by atoms with Crippen LogP contribution in [0, 0.1) is 0 Å². The quantitative estimate of drug-likeness (QED) is 0.540. The van der Waals surface area contributed by atoms with Gasteiger partial charge in [0, 0.05) is 12.8 Å². The predicted octanol–water partition coefficient (Wildman–Crippen LogP) is 1.10. The molecule has 1 heterocycles. The van der Waals surface area contributed by atoms with Gasteiger partial charge in [-0.3, -0.25) is 4.79 Å². The molecule has 1 saturated heterocycles. The van der Waals surface area contributed by atoms with Gasteiger partial charge in [0.2, 0.25) is 0 Å². The minimum atomic E-state index is -0.804. The van der Waals surface area contributed by atoms with Crippen LogP contribution in [-0.4, -0.2) is 47.7 Å². The lowest BCUT2D eigenvalue weighted by atomic mass is 10.1. The molecule has 0 bridgehead atoms. The summed E-state index contributed by atoms with van der Waals surface area (Å²) in [5.41, 5.74) is 0.697. The van der Waals surface area contributed by atoms with Crippen molar-refractivity contribution in [3.05, 3.63) is 23.8 Å². The number of aliphatic hydroxyl groups excluding tert-OH is 2. The molecule has 1 unspecified atom stereocenters. The van der Waals surface area contributed by atoms with Crippen molar-refractivity contribution in [2.24, 2.45) is 0 Å². The normalized spacial score (nSPS) is 25.6. The summed E-state index contributed by atoms with van der Waals surface area (Å²) in [6, 6.07) is 0. The minimum Gasteiger partial charge on any atom is -0.391 e. The maximum atomic E-state index is 11.4. The molecule has 1 aliphatic heterocycles. The summed E-state index contributed by atoms with van der Waals surface area (Å²) in [5.74, 6) is -0.767. The third kappa shape index (κ3) is 3.99. The van der Waals surface area contributed by atoms with Gasteiger partial charge in [-0.1, -0.05) is 12.2 Å². The molecule has 0 spiro atoms. The molecule has 0 aromatic heterocycles. The van der Waals surface area contributed by atoms with E-state index in [9.17, 15) is 15.0 Å². The predicted molar refractivity (Wildman–Crippen MR) is 73.0 cm³/mol. The average molecular weight is 282 g/mol. The highest BCUT2D eigenvalue weighted by molar-refractivity contribution is 5.98. The molecule has 1 fully saturated rings. The molecule has 0 radical (unpaired) electrons. The largest absolute Gasteiger partial charge is 0.391 e. The molecular formula is C15H22O5. The lowest BCUT2D eigenvalue weighted by Crippen LogP contribution is -2.34. The van der Waals surface area contributed by atoms with Crippen molar-refractivity contribution in [1.82, 2.24) is 0 Å². The van der Waals surface area contributed by atoms with E-state index in [1.807, 2.05) is 12.2 Å². The van der Waals surface area contributed by atoms with Crippen LogP contribution >= 0.6 is 0 Å². The highest BCUT2D eigenvalue weighted by Crippen LogP contribution is 2.25. The molecule has 2 N–H and O–H groups in total. The van der Waals surface area contributed by atoms with E-state index in [1.165, 1.54) is 0 Å². The van der Waals surface area contributed by atoms with E-state index in [2.05, 4.69) is 0 Å². The number of Topliss-reactive ketones (excluding diaryl/α,β-unsaturated/α-hetero) is 1. The Balaban J connectivity index is 1.65. The minimum absolute atomic E-state index is 0.0362. The highest BCUT2D eigenvalue weighted by atomic mass is 16.7. The first-order valence-electron chi connectivity index (χ1n) is 7.11. The monoisotopic (exact) mass is 282 g/mol. The molecule has 5 heteroatoms. The summed E-state index contributed by atoms with van der Waals surface area (Å²) in [4.78, 5) is 11.4. The van der Waals surface area contributed by atoms with Crippen molar-refractivity contribution >= 4 is 5.78 Å². The summed E-state index contributed by atoms with van der Waals surface area (Å²) in [6.07, 6.45) is 8.15. The number of unbranched alkanes of at least 4 members (excludes halogenated alkanes) is 1. The van der Waals surface area contributed by atoms with Crippen molar-refractivity contribution in [3.63, 3.8) is 0 Å². The zero-order valence-corrected chi connectivity index (χ0v) is 11.6. The van der Waals surface area contributed by atoms with Crippen molar-refractivity contribution in [2.45, 2.75) is 44.0 Å². The van der Waals surface area contributed by atoms with Crippen LogP contribution in [0.3, 0.4) is 0 Å². The molecule has 20 heavy (non-hydrogen) atoms. The Kier molecular flexibility index (Phi) is 5.48. The maximum Gasteiger partial charge on any atom is 0.191 e. The Morgan fingerprint density at radius 1 is 1.35 bits per heavy atom. The number of ether oxygens (including phenoxy) is 2. The van der Waals surface area contributed by atoms with Crippen LogP contribution in [0.2, 0.25) is 0 Å². The number of allylic oxidation sites excluding steroid dienone is 3. The second-order valence-electron chi connectivity index (χ2n) is 5.22. The van der Waals surface area contributed by atoms with Gasteiger partial charge in [-0.05, 0) is 30.9 Å². The lowest BCUT2D eigenvalue weighted by Gasteiger charge is -2.24. The van der Waals surface area contributed by atoms with Gasteiger partial charge in [0.25, 0.3) is 0 Å². The molecule has 112 valence electrons. The molecule has 0 amide bonds. The number of carbonyl (C=O) groups is 1. The summed E-state index contributed by atoms with van der Waals surface area (Å²) < 4.78 is 10.9. The van der Waals surface area contributed by atoms with Crippen LogP contribution in [-0.2, 0) is 14.3 Å². The molecule has 1 aliphatic carbocycles. The van der Waals surface area contributed by atoms with Crippen molar-refractivity contribution in [2.75, 3.05) is 19.8 Å². The standard InChI is InChI=1S/C15H22O5/c16-11-15(19-7-8-20-15)6-4-2-1-3-5-12-9-13(17)10-14(12)18/h1,3,9,13,16-17H,2,4-8,10-11H2. The molecule has 0 saturated carbocycles. The van der Waals surface area contributed by atoms with Gasteiger partial charge in [-0.15, -0.1) is 0 Å². The van der Waals surface area contributed by atoms with E-state index in [0.29, 0.717) is 31.6 Å². The topological polar surface area (TPSA) is 76.0 Å². The van der Waals surface area contributed by atoms with E-state index in [1.54, 1.807) is 6.08 Å². The second kappa shape index (κ2) is 7.13. The average Bonchev–Trinajstić information content (AvgIpc) is 3.01. The fourth-order valence-electron chi connectivity index (χ4n) is 2.52. The molecule has 5 nitrogen and oxygen atoms in total. The van der Waals surface area contributed by atoms with E-state index in [4.69, 9.17) is 9.47 Å². The van der Waals surface area contributed by atoms with Crippen molar-refractivity contribution in [3.8, 4) is 0 Å². The van der Waals surface area contributed by atoms with Crippen LogP contribution in [0.5, 0.6) is 0 Å². The maximum absolute atomic E-state index is 11.4. The fraction of sp³-hybridized carbons (Fsp3) is 0.667. The highest BCUT2D eigenvalue weighted by Gasteiger charge is 2.34. The Morgan fingerprint density at radius 2 is 2.10 bits per heavy atom. The number of rotatable bonds is 7. The van der Waals surface area contributed by atoms with E-state index in [-0.39, 0.29) is 18.8 Å². The Hall–Kier alpha value is -1.01. The van der Waals surface area contributed by atoms with Gasteiger partial charge < -0.3 is 19.7 Å². The summed E-state index contributed by atoms with van der Waals surface area (Å²) in [5, 5.41) is 18.6. The molecular weight excluding hydrogens is 260 g/mol. The summed E-state index contributed by atoms with van der Waals surface area (Å²) in [6.45, 7) is 0.958. The second-order valence-corrected chi connectivity index (χ2v) is 5.22. The van der Waals surface area contributed by atoms with Gasteiger partial charge in [0.15, 0.2) is 11.6 Å². The van der Waals surface area contributed by atoms with E-state index >= 15 is 0 Å². The van der Waals surface area contributed by atoms with Crippen molar-refractivity contribution in [1.29, 1.82) is 0 Å². The lowest BCUT2D eigenvalue weighted by molar-refractivity contribution is -0.187. The van der Waals surface area contributed by atoms with Gasteiger partial charge >= 0.3 is 0 Å². The molecule has 0 aromatic rings. The van der Waals surface area contributed by atoms with Crippen molar-refractivity contribution < 1.29 is 24.5 Å². The molecule has 0 aromatic carbocycles. The van der Waals surface area contributed by atoms with Gasteiger partial charge in [0.05, 0.1) is 25.9 Å². The van der Waals surface area contributed by atoms with Crippen LogP contribution < -0.4 is 0 Å². The summed E-state index contributed by atoms with van der Waals surface area (Å²) in [7, 11) is 0.